The van der Waals surface area contributed by atoms with Crippen molar-refractivity contribution in [2.75, 3.05) is 4.90 Å². The van der Waals surface area contributed by atoms with E-state index in [2.05, 4.69) is 135 Å². The summed E-state index contributed by atoms with van der Waals surface area (Å²) in [7, 11) is 0. The van der Waals surface area contributed by atoms with Crippen LogP contribution in [0.15, 0.2) is 60.7 Å². The monoisotopic (exact) mass is 629 g/mol. The number of nitrogens with one attached hydrogen (secondary N) is 4. The van der Waals surface area contributed by atoms with Crippen molar-refractivity contribution >= 4 is 27.8 Å². The maximum atomic E-state index is 5.02. The average Bonchev–Trinajstić information content (AvgIpc) is 3.84. The minimum atomic E-state index is 0.113. The number of aromatic nitrogens is 4. The van der Waals surface area contributed by atoms with Gasteiger partial charge in [-0.05, 0) is 125 Å². The van der Waals surface area contributed by atoms with Gasteiger partial charge in [-0.15, -0.1) is 0 Å². The Morgan fingerprint density at radius 1 is 0.638 bits per heavy atom. The molecule has 0 aliphatic carbocycles. The number of anilines is 1. The Labute approximate surface area is 279 Å². The zero-order chi connectivity index (χ0) is 32.7. The Kier molecular flexibility index (Phi) is 7.12. The quantitative estimate of drug-likeness (QED) is 0.156. The summed E-state index contributed by atoms with van der Waals surface area (Å²) in [5, 5.41) is 7.53. The van der Waals surface area contributed by atoms with Gasteiger partial charge < -0.3 is 25.5 Å². The molecule has 3 saturated heterocycles. The third kappa shape index (κ3) is 5.76. The number of rotatable bonds is 5. The second kappa shape index (κ2) is 10.9. The molecule has 7 heteroatoms. The van der Waals surface area contributed by atoms with Gasteiger partial charge in [0.25, 0.3) is 0 Å². The van der Waals surface area contributed by atoms with Crippen LogP contribution in [0.3, 0.4) is 0 Å². The second-order valence-electron chi connectivity index (χ2n) is 16.8. The molecule has 3 aliphatic heterocycles. The molecule has 0 saturated carbocycles. The largest absolute Gasteiger partial charge is 0.357 e. The highest BCUT2D eigenvalue weighted by Gasteiger charge is 2.37. The molecule has 0 unspecified atom stereocenters. The first-order chi connectivity index (χ1) is 22.3. The maximum Gasteiger partial charge on any atom is 0.124 e. The van der Waals surface area contributed by atoms with E-state index in [0.29, 0.717) is 0 Å². The topological polar surface area (TPSA) is 84.7 Å². The molecule has 4 atom stereocenters. The van der Waals surface area contributed by atoms with Crippen LogP contribution in [-0.2, 0) is 5.41 Å². The third-order valence-corrected chi connectivity index (χ3v) is 11.1. The van der Waals surface area contributed by atoms with Gasteiger partial charge in [0.05, 0.1) is 46.2 Å². The Morgan fingerprint density at radius 2 is 1.11 bits per heavy atom. The number of imidazole rings is 2. The van der Waals surface area contributed by atoms with Gasteiger partial charge >= 0.3 is 0 Å². The molecule has 5 aromatic rings. The molecular formula is C40H51N7. The molecule has 0 spiro atoms. The van der Waals surface area contributed by atoms with E-state index in [-0.39, 0.29) is 40.7 Å². The first-order valence-electron chi connectivity index (χ1n) is 17.8. The number of fused-ring (bicyclic) bond motifs is 2. The van der Waals surface area contributed by atoms with Crippen LogP contribution in [0.1, 0.15) is 139 Å². The average molecular weight is 630 g/mol. The first-order valence-corrected chi connectivity index (χ1v) is 17.8. The van der Waals surface area contributed by atoms with Crippen LogP contribution in [0.25, 0.3) is 22.1 Å². The molecule has 47 heavy (non-hydrogen) atoms. The van der Waals surface area contributed by atoms with Crippen molar-refractivity contribution < 1.29 is 0 Å². The molecule has 0 amide bonds. The van der Waals surface area contributed by atoms with Crippen molar-refractivity contribution in [2.45, 2.75) is 128 Å². The minimum absolute atomic E-state index is 0.113. The summed E-state index contributed by atoms with van der Waals surface area (Å²) in [5.74, 6) is 2.12. The fourth-order valence-electron chi connectivity index (χ4n) is 8.45. The molecular weight excluding hydrogens is 578 g/mol. The predicted molar refractivity (Wildman–Crippen MR) is 193 cm³/mol. The van der Waals surface area contributed by atoms with Crippen LogP contribution in [0.4, 0.5) is 5.69 Å². The van der Waals surface area contributed by atoms with E-state index >= 15 is 0 Å². The molecule has 3 aromatic carbocycles. The summed E-state index contributed by atoms with van der Waals surface area (Å²) in [6.45, 7) is 16.0. The lowest BCUT2D eigenvalue weighted by molar-refractivity contribution is 0.427. The Hall–Kier alpha value is -3.68. The molecule has 5 heterocycles. The molecule has 3 aliphatic rings. The van der Waals surface area contributed by atoms with Crippen LogP contribution in [0.2, 0.25) is 0 Å². The van der Waals surface area contributed by atoms with Crippen LogP contribution >= 0.6 is 0 Å². The van der Waals surface area contributed by atoms with E-state index in [0.717, 1.165) is 72.2 Å². The lowest BCUT2D eigenvalue weighted by Gasteiger charge is -2.34. The normalized spacial score (nSPS) is 25.8. The highest BCUT2D eigenvalue weighted by atomic mass is 15.2. The molecule has 0 bridgehead atoms. The summed E-state index contributed by atoms with van der Waals surface area (Å²) < 4.78 is 0. The number of aromatic amines is 2. The lowest BCUT2D eigenvalue weighted by Crippen LogP contribution is -2.33. The zero-order valence-electron chi connectivity index (χ0n) is 29.2. The number of nitrogens with zero attached hydrogens (tertiary/aromatic N) is 3. The van der Waals surface area contributed by atoms with Crippen LogP contribution in [0, 0.1) is 0 Å². The smallest absolute Gasteiger partial charge is 0.124 e. The highest BCUT2D eigenvalue weighted by molar-refractivity contribution is 5.78. The molecule has 2 aromatic heterocycles. The lowest BCUT2D eigenvalue weighted by atomic mass is 9.87. The third-order valence-electron chi connectivity index (χ3n) is 11.1. The number of hydrogen-bond acceptors (Lipinski definition) is 5. The summed E-state index contributed by atoms with van der Waals surface area (Å²) in [4.78, 5) is 20.1. The fraction of sp³-hybridized carbons (Fsp3) is 0.500. The van der Waals surface area contributed by atoms with Gasteiger partial charge in [-0.1, -0.05) is 45.0 Å². The van der Waals surface area contributed by atoms with Gasteiger partial charge in [-0.3, -0.25) is 0 Å². The van der Waals surface area contributed by atoms with E-state index in [4.69, 9.17) is 9.97 Å². The van der Waals surface area contributed by atoms with Gasteiger partial charge in [-0.2, -0.15) is 0 Å². The highest BCUT2D eigenvalue weighted by Crippen LogP contribution is 2.48. The van der Waals surface area contributed by atoms with E-state index in [1.807, 2.05) is 0 Å². The predicted octanol–water partition coefficient (Wildman–Crippen LogP) is 9.23. The van der Waals surface area contributed by atoms with Crippen LogP contribution in [-0.4, -0.2) is 31.0 Å². The molecule has 0 radical (unpaired) electrons. The van der Waals surface area contributed by atoms with Crippen molar-refractivity contribution in [1.29, 1.82) is 0 Å². The van der Waals surface area contributed by atoms with Crippen molar-refractivity contribution in [3.8, 4) is 0 Å². The SMILES string of the molecule is CC1(C)CC[C@@H](c2nc3ccc([C@H]4CC[C@@H](c5ccc6nc([C@@H]7CCC(C)(C)N7)[nH]c6c5)N4c4ccc(C(C)(C)C)cc4)cc3[nH]2)N1. The van der Waals surface area contributed by atoms with E-state index in [9.17, 15) is 0 Å². The minimum Gasteiger partial charge on any atom is -0.357 e. The van der Waals surface area contributed by atoms with Gasteiger partial charge in [0.1, 0.15) is 11.6 Å². The van der Waals surface area contributed by atoms with Gasteiger partial charge in [0, 0.05) is 16.8 Å². The van der Waals surface area contributed by atoms with E-state index < -0.39 is 0 Å². The summed E-state index contributed by atoms with van der Waals surface area (Å²) in [6.07, 6.45) is 6.72. The van der Waals surface area contributed by atoms with Crippen LogP contribution in [0.5, 0.6) is 0 Å². The molecule has 8 rings (SSSR count). The number of H-pyrrole nitrogens is 2. The van der Waals surface area contributed by atoms with E-state index in [1.165, 1.54) is 22.4 Å². The second-order valence-corrected chi connectivity index (χ2v) is 16.8. The van der Waals surface area contributed by atoms with Gasteiger partial charge in [0.15, 0.2) is 0 Å². The van der Waals surface area contributed by atoms with Gasteiger partial charge in [-0.25, -0.2) is 9.97 Å². The van der Waals surface area contributed by atoms with Crippen molar-refractivity contribution in [3.05, 3.63) is 89.0 Å². The van der Waals surface area contributed by atoms with Crippen molar-refractivity contribution in [3.63, 3.8) is 0 Å². The summed E-state index contributed by atoms with van der Waals surface area (Å²) in [5.41, 5.74) is 10.1. The standard InChI is InChI=1S/C40H51N7/c1-38(2,3)26-10-12-27(13-11-26)47-34(24-8-14-28-32(22-24)43-36(41-28)30-18-20-39(4,5)45-30)16-17-35(47)25-9-15-29-33(23-25)44-37(42-29)31-19-21-40(6,7)46-31/h8-15,22-23,30-31,34-35,45-46H,16-21H2,1-7H3,(H,41,43)(H,42,44)/t30-,31-,34-,35+/m0/s1. The van der Waals surface area contributed by atoms with Crippen molar-refractivity contribution in [2.24, 2.45) is 0 Å². The summed E-state index contributed by atoms with van der Waals surface area (Å²) in [6, 6.07) is 24.2. The van der Waals surface area contributed by atoms with Gasteiger partial charge in [0.2, 0.25) is 0 Å². The summed E-state index contributed by atoms with van der Waals surface area (Å²) >= 11 is 0. The fourth-order valence-corrected chi connectivity index (χ4v) is 8.45. The Bertz CT molecular complexity index is 1810. The molecule has 4 N–H and O–H groups in total. The first kappa shape index (κ1) is 30.6. The number of benzene rings is 3. The Balaban J connectivity index is 1.14. The zero-order valence-corrected chi connectivity index (χ0v) is 29.2. The number of hydrogen-bond donors (Lipinski definition) is 4. The molecule has 3 fully saturated rings. The molecule has 246 valence electrons. The molecule has 7 nitrogen and oxygen atoms in total. The Morgan fingerprint density at radius 3 is 1.51 bits per heavy atom. The van der Waals surface area contributed by atoms with E-state index in [1.54, 1.807) is 0 Å². The van der Waals surface area contributed by atoms with Crippen molar-refractivity contribution in [1.82, 2.24) is 30.6 Å². The maximum absolute atomic E-state index is 5.02. The van der Waals surface area contributed by atoms with Crippen LogP contribution < -0.4 is 15.5 Å².